The second kappa shape index (κ2) is 7.54. The molecule has 2 heterocycles. The second-order valence-electron chi connectivity index (χ2n) is 11.8. The molecule has 4 amide bonds. The summed E-state index contributed by atoms with van der Waals surface area (Å²) in [6, 6.07) is 26.9. The van der Waals surface area contributed by atoms with Crippen LogP contribution < -0.4 is 9.80 Å². The van der Waals surface area contributed by atoms with E-state index in [1.54, 1.807) is 0 Å². The number of hydrogen-bond acceptors (Lipinski definition) is 4. The number of anilines is 2. The average Bonchev–Trinajstić information content (AvgIpc) is 3.36. The molecule has 40 heavy (non-hydrogen) atoms. The Morgan fingerprint density at radius 3 is 1.25 bits per heavy atom. The summed E-state index contributed by atoms with van der Waals surface area (Å²) in [6.07, 6.45) is 4.11. The normalized spacial score (nSPS) is 33.5. The minimum absolute atomic E-state index is 0.109. The Morgan fingerprint density at radius 2 is 0.800 bits per heavy atom. The molecule has 4 aromatic rings. The molecule has 0 aromatic heterocycles. The van der Waals surface area contributed by atoms with Crippen LogP contribution in [0, 0.1) is 47.3 Å². The highest BCUT2D eigenvalue weighted by molar-refractivity contribution is 6.27. The molecule has 4 aromatic carbocycles. The quantitative estimate of drug-likeness (QED) is 0.274. The standard InChI is InChI=1S/C34H24N2O4/c37-31-27-21-15-16-22(28(27)32(38)35(31)23-13-5-9-17-7-1-3-11-19(17)23)26-25(21)29-30(26)34(40)36(33(29)39)24-14-6-10-18-8-2-4-12-20(18)24/h1-16,21-22,25-30H/t21-,22-,25-,26-,27-,28+,29-,30-/m0/s1. The average molecular weight is 525 g/mol. The smallest absolute Gasteiger partial charge is 0.238 e. The van der Waals surface area contributed by atoms with Crippen LogP contribution in [-0.4, -0.2) is 23.6 Å². The van der Waals surface area contributed by atoms with Crippen LogP contribution in [0.4, 0.5) is 11.4 Å². The predicted octanol–water partition coefficient (Wildman–Crippen LogP) is 4.97. The van der Waals surface area contributed by atoms with Gasteiger partial charge in [0.05, 0.1) is 35.0 Å². The van der Waals surface area contributed by atoms with Gasteiger partial charge in [0.15, 0.2) is 0 Å². The molecule has 194 valence electrons. The van der Waals surface area contributed by atoms with Gasteiger partial charge in [-0.15, -0.1) is 0 Å². The van der Waals surface area contributed by atoms with E-state index in [2.05, 4.69) is 12.2 Å². The molecule has 4 aliphatic carbocycles. The van der Waals surface area contributed by atoms with Crippen molar-refractivity contribution in [2.75, 3.05) is 9.80 Å². The Balaban J connectivity index is 1.11. The number of imide groups is 2. The zero-order valence-electron chi connectivity index (χ0n) is 21.4. The Morgan fingerprint density at radius 1 is 0.425 bits per heavy atom. The number of rotatable bonds is 2. The lowest BCUT2D eigenvalue weighted by Crippen LogP contribution is -2.63. The molecule has 6 nitrogen and oxygen atoms in total. The van der Waals surface area contributed by atoms with Crippen LogP contribution >= 0.6 is 0 Å². The summed E-state index contributed by atoms with van der Waals surface area (Å²) in [7, 11) is 0. The van der Waals surface area contributed by atoms with Crippen LogP contribution in [0.5, 0.6) is 0 Å². The molecule has 0 spiro atoms. The van der Waals surface area contributed by atoms with Crippen molar-refractivity contribution in [3.8, 4) is 0 Å². The van der Waals surface area contributed by atoms with Gasteiger partial charge in [-0.1, -0.05) is 84.9 Å². The van der Waals surface area contributed by atoms with E-state index in [1.807, 2.05) is 84.9 Å². The highest BCUT2D eigenvalue weighted by Gasteiger charge is 2.75. The summed E-state index contributed by atoms with van der Waals surface area (Å²) >= 11 is 0. The summed E-state index contributed by atoms with van der Waals surface area (Å²) in [6.45, 7) is 0. The van der Waals surface area contributed by atoms with E-state index < -0.39 is 23.7 Å². The first-order chi connectivity index (χ1) is 19.6. The van der Waals surface area contributed by atoms with Crippen LogP contribution in [0.15, 0.2) is 97.1 Å². The van der Waals surface area contributed by atoms with Crippen molar-refractivity contribution in [2.45, 2.75) is 0 Å². The Labute approximate surface area is 229 Å². The van der Waals surface area contributed by atoms with E-state index in [1.165, 1.54) is 9.80 Å². The minimum Gasteiger partial charge on any atom is -0.274 e. The number of carbonyl (C=O) groups excluding carboxylic acids is 4. The van der Waals surface area contributed by atoms with Gasteiger partial charge in [-0.3, -0.25) is 19.2 Å². The van der Waals surface area contributed by atoms with Gasteiger partial charge in [0.2, 0.25) is 23.6 Å². The first kappa shape index (κ1) is 22.3. The predicted molar refractivity (Wildman–Crippen MR) is 150 cm³/mol. The molecule has 2 saturated heterocycles. The zero-order valence-corrected chi connectivity index (χ0v) is 21.4. The van der Waals surface area contributed by atoms with E-state index in [0.717, 1.165) is 21.5 Å². The number of nitrogens with zero attached hydrogens (tertiary/aromatic N) is 2. The number of benzene rings is 4. The van der Waals surface area contributed by atoms with Crippen LogP contribution in [0.1, 0.15) is 0 Å². The van der Waals surface area contributed by atoms with Crippen LogP contribution in [0.2, 0.25) is 0 Å². The van der Waals surface area contributed by atoms with E-state index in [4.69, 9.17) is 0 Å². The topological polar surface area (TPSA) is 74.8 Å². The lowest BCUT2D eigenvalue weighted by atomic mass is 9.40. The minimum atomic E-state index is -0.502. The van der Waals surface area contributed by atoms with Gasteiger partial charge in [0.1, 0.15) is 0 Å². The molecule has 6 heteroatoms. The number of carbonyl (C=O) groups is 4. The summed E-state index contributed by atoms with van der Waals surface area (Å²) in [5.41, 5.74) is 1.23. The molecule has 0 unspecified atom stereocenters. The highest BCUT2D eigenvalue weighted by Crippen LogP contribution is 2.68. The number of allylic oxidation sites excluding steroid dienone is 2. The van der Waals surface area contributed by atoms with Crippen molar-refractivity contribution in [1.29, 1.82) is 0 Å². The molecular weight excluding hydrogens is 500 g/mol. The summed E-state index contributed by atoms with van der Waals surface area (Å²) in [5.74, 6) is -3.32. The molecule has 0 N–H and O–H groups in total. The highest BCUT2D eigenvalue weighted by atomic mass is 16.2. The maximum atomic E-state index is 14.0. The van der Waals surface area contributed by atoms with Gasteiger partial charge in [0.25, 0.3) is 0 Å². The Kier molecular flexibility index (Phi) is 4.19. The van der Waals surface area contributed by atoms with Crippen molar-refractivity contribution >= 4 is 56.5 Å². The van der Waals surface area contributed by atoms with Crippen LogP contribution in [0.3, 0.4) is 0 Å². The number of fused-ring (bicyclic) bond motifs is 3. The second-order valence-corrected chi connectivity index (χ2v) is 11.8. The lowest BCUT2D eigenvalue weighted by molar-refractivity contribution is -0.166. The van der Waals surface area contributed by atoms with Crippen molar-refractivity contribution in [1.82, 2.24) is 0 Å². The van der Waals surface area contributed by atoms with Gasteiger partial charge in [0, 0.05) is 10.8 Å². The molecular formula is C34H24N2O4. The monoisotopic (exact) mass is 524 g/mol. The first-order valence-corrected chi connectivity index (χ1v) is 14.0. The Hall–Kier alpha value is -4.58. The molecule has 10 rings (SSSR count). The van der Waals surface area contributed by atoms with Gasteiger partial charge >= 0.3 is 0 Å². The Bertz CT molecular complexity index is 1810. The van der Waals surface area contributed by atoms with Gasteiger partial charge in [-0.2, -0.15) is 0 Å². The third-order valence-electron chi connectivity index (χ3n) is 10.4. The van der Waals surface area contributed by atoms with Gasteiger partial charge < -0.3 is 0 Å². The van der Waals surface area contributed by atoms with Crippen molar-refractivity contribution in [3.05, 3.63) is 97.1 Å². The fourth-order valence-corrected chi connectivity index (χ4v) is 8.88. The molecule has 2 bridgehead atoms. The molecule has 2 aliphatic heterocycles. The van der Waals surface area contributed by atoms with Crippen molar-refractivity contribution in [3.63, 3.8) is 0 Å². The van der Waals surface area contributed by atoms with E-state index in [-0.39, 0.29) is 47.3 Å². The first-order valence-electron chi connectivity index (χ1n) is 14.0. The maximum Gasteiger partial charge on any atom is 0.238 e. The van der Waals surface area contributed by atoms with E-state index in [0.29, 0.717) is 11.4 Å². The summed E-state index contributed by atoms with van der Waals surface area (Å²) in [5, 5.41) is 3.67. The third-order valence-corrected chi connectivity index (χ3v) is 10.4. The summed E-state index contributed by atoms with van der Waals surface area (Å²) in [4.78, 5) is 58.7. The lowest BCUT2D eigenvalue weighted by Gasteiger charge is -2.60. The maximum absolute atomic E-state index is 14.0. The molecule has 6 aliphatic rings. The molecule has 8 atom stereocenters. The van der Waals surface area contributed by atoms with Crippen LogP contribution in [0.25, 0.3) is 21.5 Å². The fourth-order valence-electron chi connectivity index (χ4n) is 8.88. The number of hydrogen-bond donors (Lipinski definition) is 0. The largest absolute Gasteiger partial charge is 0.274 e. The van der Waals surface area contributed by atoms with E-state index in [9.17, 15) is 19.2 Å². The van der Waals surface area contributed by atoms with Gasteiger partial charge in [-0.05, 0) is 46.6 Å². The molecule has 2 saturated carbocycles. The number of amides is 4. The van der Waals surface area contributed by atoms with Gasteiger partial charge in [-0.25, -0.2) is 9.80 Å². The molecule has 4 fully saturated rings. The zero-order chi connectivity index (χ0) is 26.9. The van der Waals surface area contributed by atoms with E-state index >= 15 is 0 Å². The molecule has 0 radical (unpaired) electrons. The SMILES string of the molecule is O=C1[C@@H]2[C@H]3C=C[C@H]([C@@H]2C(=O)N1c1cccc2ccccc12)[C@@H]1[C@@H]2C(=O)N(c4cccc5ccccc45)C(=O)[C@H]2[C@@H]31. The third kappa shape index (κ3) is 2.50. The van der Waals surface area contributed by atoms with Crippen molar-refractivity contribution < 1.29 is 19.2 Å². The van der Waals surface area contributed by atoms with Crippen LogP contribution in [-0.2, 0) is 19.2 Å². The van der Waals surface area contributed by atoms with Crippen molar-refractivity contribution in [2.24, 2.45) is 47.3 Å². The summed E-state index contributed by atoms with van der Waals surface area (Å²) < 4.78 is 0. The fraction of sp³-hybridized carbons (Fsp3) is 0.235.